The first-order valence-corrected chi connectivity index (χ1v) is 8.33. The highest BCUT2D eigenvalue weighted by atomic mass is 16.6. The predicted octanol–water partition coefficient (Wildman–Crippen LogP) is 3.78. The Labute approximate surface area is 156 Å². The smallest absolute Gasteiger partial charge is 0.271 e. The van der Waals surface area contributed by atoms with E-state index in [1.54, 1.807) is 73.7 Å². The van der Waals surface area contributed by atoms with Crippen molar-refractivity contribution < 1.29 is 14.8 Å². The number of carbonyl (C=O) groups is 1. The van der Waals surface area contributed by atoms with Gasteiger partial charge in [-0.15, -0.1) is 0 Å². The Morgan fingerprint density at radius 2 is 1.48 bits per heavy atom. The van der Waals surface area contributed by atoms with Gasteiger partial charge in [-0.05, 0) is 23.6 Å². The number of amides is 1. The van der Waals surface area contributed by atoms with Gasteiger partial charge in [0, 0.05) is 12.1 Å². The Kier molecular flexibility index (Phi) is 5.00. The number of rotatable bonds is 5. The molecule has 6 nitrogen and oxygen atoms in total. The van der Waals surface area contributed by atoms with Crippen LogP contribution in [-0.4, -0.2) is 15.9 Å². The minimum atomic E-state index is -1.94. The number of non-ortho nitro benzene ring substituents is 1. The Bertz CT molecular complexity index is 932. The number of nitro benzene ring substituents is 1. The monoisotopic (exact) mass is 362 g/mol. The normalized spacial score (nSPS) is 11.0. The molecule has 0 saturated heterocycles. The molecule has 0 heterocycles. The fourth-order valence-corrected chi connectivity index (χ4v) is 2.86. The Morgan fingerprint density at radius 1 is 0.963 bits per heavy atom. The third kappa shape index (κ3) is 3.56. The van der Waals surface area contributed by atoms with Gasteiger partial charge in [-0.2, -0.15) is 0 Å². The Hall–Kier alpha value is -3.51. The van der Waals surface area contributed by atoms with Crippen LogP contribution in [0.4, 0.5) is 11.4 Å². The predicted molar refractivity (Wildman–Crippen MR) is 102 cm³/mol. The van der Waals surface area contributed by atoms with Crippen molar-refractivity contribution in [2.75, 3.05) is 5.32 Å². The highest BCUT2D eigenvalue weighted by molar-refractivity contribution is 6.01. The number of hydrogen-bond donors (Lipinski definition) is 2. The van der Waals surface area contributed by atoms with Crippen LogP contribution in [0.3, 0.4) is 0 Å². The summed E-state index contributed by atoms with van der Waals surface area (Å²) in [6.45, 7) is 1.73. The molecule has 0 spiro atoms. The summed E-state index contributed by atoms with van der Waals surface area (Å²) in [5.74, 6) is -0.691. The van der Waals surface area contributed by atoms with E-state index in [-0.39, 0.29) is 11.4 Å². The van der Waals surface area contributed by atoms with Crippen LogP contribution in [0.15, 0.2) is 78.9 Å². The maximum Gasteiger partial charge on any atom is 0.271 e. The summed E-state index contributed by atoms with van der Waals surface area (Å²) < 4.78 is 0. The summed E-state index contributed by atoms with van der Waals surface area (Å²) in [7, 11) is 0. The van der Waals surface area contributed by atoms with Gasteiger partial charge in [0.15, 0.2) is 5.60 Å². The van der Waals surface area contributed by atoms with Gasteiger partial charge in [-0.3, -0.25) is 14.9 Å². The highest BCUT2D eigenvalue weighted by Gasteiger charge is 2.40. The zero-order valence-electron chi connectivity index (χ0n) is 14.6. The topological polar surface area (TPSA) is 92.5 Å². The molecule has 0 radical (unpaired) electrons. The zero-order chi connectivity index (χ0) is 19.4. The summed E-state index contributed by atoms with van der Waals surface area (Å²) in [5.41, 5.74) is -0.358. The number of nitrogens with zero attached hydrogens (tertiary/aromatic N) is 1. The minimum Gasteiger partial charge on any atom is -0.372 e. The molecule has 0 atom stereocenters. The van der Waals surface area contributed by atoms with Crippen molar-refractivity contribution in [3.05, 3.63) is 106 Å². The summed E-state index contributed by atoms with van der Waals surface area (Å²) in [4.78, 5) is 23.6. The van der Waals surface area contributed by atoms with Gasteiger partial charge in [0.05, 0.1) is 10.6 Å². The van der Waals surface area contributed by atoms with Crippen LogP contribution in [-0.2, 0) is 10.4 Å². The number of anilines is 1. The lowest BCUT2D eigenvalue weighted by atomic mass is 9.85. The quantitative estimate of drug-likeness (QED) is 0.534. The average molecular weight is 362 g/mol. The molecule has 136 valence electrons. The molecular weight excluding hydrogens is 344 g/mol. The van der Waals surface area contributed by atoms with Crippen LogP contribution < -0.4 is 5.32 Å². The molecule has 0 unspecified atom stereocenters. The number of nitrogens with one attached hydrogen (secondary N) is 1. The average Bonchev–Trinajstić information content (AvgIpc) is 2.70. The molecule has 2 N–H and O–H groups in total. The number of aliphatic hydroxyl groups is 1. The number of hydrogen-bond acceptors (Lipinski definition) is 4. The Balaban J connectivity index is 2.05. The largest absolute Gasteiger partial charge is 0.372 e. The van der Waals surface area contributed by atoms with E-state index in [0.717, 1.165) is 0 Å². The van der Waals surface area contributed by atoms with Crippen molar-refractivity contribution >= 4 is 17.3 Å². The SMILES string of the molecule is Cc1ccc([N+](=O)[O-])cc1NC(=O)C(O)(c1ccccc1)c1ccccc1. The molecule has 0 aliphatic carbocycles. The van der Waals surface area contributed by atoms with Crippen LogP contribution in [0.25, 0.3) is 0 Å². The van der Waals surface area contributed by atoms with Gasteiger partial charge in [-0.25, -0.2) is 0 Å². The molecule has 0 bridgehead atoms. The zero-order valence-corrected chi connectivity index (χ0v) is 14.6. The van der Waals surface area contributed by atoms with Crippen molar-refractivity contribution in [3.63, 3.8) is 0 Å². The van der Waals surface area contributed by atoms with E-state index in [1.807, 2.05) is 0 Å². The lowest BCUT2D eigenvalue weighted by molar-refractivity contribution is -0.384. The van der Waals surface area contributed by atoms with Gasteiger partial charge in [0.1, 0.15) is 0 Å². The van der Waals surface area contributed by atoms with Crippen LogP contribution in [0.5, 0.6) is 0 Å². The first-order chi connectivity index (χ1) is 12.9. The van der Waals surface area contributed by atoms with Crippen molar-refractivity contribution in [1.29, 1.82) is 0 Å². The van der Waals surface area contributed by atoms with E-state index >= 15 is 0 Å². The van der Waals surface area contributed by atoms with Crippen LogP contribution in [0, 0.1) is 17.0 Å². The lowest BCUT2D eigenvalue weighted by Crippen LogP contribution is -2.41. The molecule has 0 aliphatic heterocycles. The van der Waals surface area contributed by atoms with Crippen LogP contribution in [0.2, 0.25) is 0 Å². The van der Waals surface area contributed by atoms with E-state index in [1.165, 1.54) is 12.1 Å². The number of benzene rings is 3. The molecule has 3 aromatic rings. The number of nitro groups is 1. The maximum absolute atomic E-state index is 13.1. The van der Waals surface area contributed by atoms with Crippen molar-refractivity contribution in [3.8, 4) is 0 Å². The van der Waals surface area contributed by atoms with Gasteiger partial charge in [-0.1, -0.05) is 66.7 Å². The Morgan fingerprint density at radius 3 is 1.96 bits per heavy atom. The molecule has 1 amide bonds. The van der Waals surface area contributed by atoms with E-state index in [2.05, 4.69) is 5.32 Å². The molecule has 3 aromatic carbocycles. The molecule has 27 heavy (non-hydrogen) atoms. The van der Waals surface area contributed by atoms with E-state index in [4.69, 9.17) is 0 Å². The highest BCUT2D eigenvalue weighted by Crippen LogP contribution is 2.32. The fraction of sp³-hybridized carbons (Fsp3) is 0.0952. The maximum atomic E-state index is 13.1. The minimum absolute atomic E-state index is 0.140. The molecule has 0 aliphatic rings. The van der Waals surface area contributed by atoms with Crippen molar-refractivity contribution in [2.24, 2.45) is 0 Å². The molecule has 3 rings (SSSR count). The molecule has 0 saturated carbocycles. The van der Waals surface area contributed by atoms with E-state index < -0.39 is 16.4 Å². The second-order valence-corrected chi connectivity index (χ2v) is 6.15. The number of aryl methyl sites for hydroxylation is 1. The molecule has 6 heteroatoms. The van der Waals surface area contributed by atoms with Gasteiger partial charge < -0.3 is 10.4 Å². The van der Waals surface area contributed by atoms with Crippen molar-refractivity contribution in [1.82, 2.24) is 0 Å². The summed E-state index contributed by atoms with van der Waals surface area (Å²) in [6.07, 6.45) is 0. The van der Waals surface area contributed by atoms with E-state index in [0.29, 0.717) is 16.7 Å². The molecule has 0 aromatic heterocycles. The lowest BCUT2D eigenvalue weighted by Gasteiger charge is -2.28. The summed E-state index contributed by atoms with van der Waals surface area (Å²) >= 11 is 0. The first-order valence-electron chi connectivity index (χ1n) is 8.33. The van der Waals surface area contributed by atoms with Gasteiger partial charge in [0.25, 0.3) is 11.6 Å². The summed E-state index contributed by atoms with van der Waals surface area (Å²) in [6, 6.07) is 21.3. The first kappa shape index (κ1) is 18.3. The second kappa shape index (κ2) is 7.39. The molecular formula is C21H18N2O4. The van der Waals surface area contributed by atoms with Crippen molar-refractivity contribution in [2.45, 2.75) is 12.5 Å². The van der Waals surface area contributed by atoms with E-state index in [9.17, 15) is 20.0 Å². The fourth-order valence-electron chi connectivity index (χ4n) is 2.86. The third-order valence-electron chi connectivity index (χ3n) is 4.39. The third-order valence-corrected chi connectivity index (χ3v) is 4.39. The van der Waals surface area contributed by atoms with Gasteiger partial charge in [0.2, 0.25) is 0 Å². The van der Waals surface area contributed by atoms with Gasteiger partial charge >= 0.3 is 0 Å². The van der Waals surface area contributed by atoms with Crippen LogP contribution >= 0.6 is 0 Å². The van der Waals surface area contributed by atoms with Crippen LogP contribution in [0.1, 0.15) is 16.7 Å². The second-order valence-electron chi connectivity index (χ2n) is 6.15. The molecule has 0 fully saturated rings. The summed E-state index contributed by atoms with van der Waals surface area (Å²) in [5, 5.41) is 25.1. The standard InChI is InChI=1S/C21H18N2O4/c1-15-12-13-18(23(26)27)14-19(15)22-20(24)21(25,16-8-4-2-5-9-16)17-10-6-3-7-11-17/h2-14,25H,1H3,(H,22,24). The number of carbonyl (C=O) groups excluding carboxylic acids is 1.